The van der Waals surface area contributed by atoms with Crippen LogP contribution in [0.5, 0.6) is 5.75 Å². The van der Waals surface area contributed by atoms with Crippen molar-refractivity contribution in [2.24, 2.45) is 5.16 Å². The molecule has 4 rings (SSSR count). The van der Waals surface area contributed by atoms with Crippen molar-refractivity contribution in [3.63, 3.8) is 0 Å². The second kappa shape index (κ2) is 10.3. The fraction of sp³-hybridized carbons (Fsp3) is 0.240. The van der Waals surface area contributed by atoms with E-state index in [0.29, 0.717) is 29.7 Å². The summed E-state index contributed by atoms with van der Waals surface area (Å²) in [5.74, 6) is -0.169. The maximum atomic E-state index is 13.4. The molecule has 178 valence electrons. The molecule has 3 aromatic rings. The van der Waals surface area contributed by atoms with Crippen LogP contribution in [-0.2, 0) is 14.9 Å². The first-order valence-corrected chi connectivity index (χ1v) is 12.2. The molecule has 6 nitrogen and oxygen atoms in total. The normalized spacial score (nSPS) is 14.8. The van der Waals surface area contributed by atoms with Gasteiger partial charge in [0.1, 0.15) is 17.4 Å². The van der Waals surface area contributed by atoms with Crippen molar-refractivity contribution < 1.29 is 26.8 Å². The van der Waals surface area contributed by atoms with Gasteiger partial charge in [-0.25, -0.2) is 17.2 Å². The van der Waals surface area contributed by atoms with Crippen LogP contribution in [0.3, 0.4) is 0 Å². The number of nitrogens with zero attached hydrogens (tertiary/aromatic N) is 2. The van der Waals surface area contributed by atoms with Crippen LogP contribution in [0.25, 0.3) is 0 Å². The number of halogens is 2. The van der Waals surface area contributed by atoms with E-state index in [9.17, 15) is 17.2 Å². The summed E-state index contributed by atoms with van der Waals surface area (Å²) in [4.78, 5) is 6.03. The Morgan fingerprint density at radius 3 is 1.79 bits per heavy atom. The highest BCUT2D eigenvalue weighted by atomic mass is 32.2. The number of methoxy groups -OCH3 is 1. The first kappa shape index (κ1) is 23.8. The zero-order valence-electron chi connectivity index (χ0n) is 18.5. The third-order valence-electron chi connectivity index (χ3n) is 5.63. The van der Waals surface area contributed by atoms with Crippen molar-refractivity contribution in [1.82, 2.24) is 4.31 Å². The largest absolute Gasteiger partial charge is 0.497 e. The Balaban J connectivity index is 1.46. The van der Waals surface area contributed by atoms with Gasteiger partial charge in [-0.2, -0.15) is 4.31 Å². The topological polar surface area (TPSA) is 68.2 Å². The summed E-state index contributed by atoms with van der Waals surface area (Å²) in [5, 5.41) is 4.28. The highest BCUT2D eigenvalue weighted by molar-refractivity contribution is 7.89. The van der Waals surface area contributed by atoms with Gasteiger partial charge in [-0.05, 0) is 59.7 Å². The molecule has 0 aromatic heterocycles. The molecule has 1 aliphatic rings. The molecular formula is C25H24F2N2O4S. The molecule has 0 bridgehead atoms. The summed E-state index contributed by atoms with van der Waals surface area (Å²) in [5.41, 5.74) is 2.05. The van der Waals surface area contributed by atoms with E-state index in [1.807, 2.05) is 0 Å². The maximum Gasteiger partial charge on any atom is 0.243 e. The van der Waals surface area contributed by atoms with E-state index in [4.69, 9.17) is 9.57 Å². The molecule has 1 fully saturated rings. The molecule has 0 spiro atoms. The summed E-state index contributed by atoms with van der Waals surface area (Å²) in [6, 6.07) is 17.9. The minimum absolute atomic E-state index is 0.206. The number of oxime groups is 1. The number of hydrogen-bond donors (Lipinski definition) is 0. The molecule has 3 aromatic carbocycles. The van der Waals surface area contributed by atoms with Crippen molar-refractivity contribution in [3.8, 4) is 5.75 Å². The lowest BCUT2D eigenvalue weighted by Gasteiger charge is -2.27. The lowest BCUT2D eigenvalue weighted by molar-refractivity contribution is 0.0855. The maximum absolute atomic E-state index is 13.4. The summed E-state index contributed by atoms with van der Waals surface area (Å²) in [7, 11) is -2.10. The number of ether oxygens (including phenoxy) is 1. The van der Waals surface area contributed by atoms with Gasteiger partial charge in [0, 0.05) is 25.9 Å². The Morgan fingerprint density at radius 2 is 1.32 bits per heavy atom. The molecule has 0 saturated carbocycles. The summed E-state index contributed by atoms with van der Waals surface area (Å²) >= 11 is 0. The van der Waals surface area contributed by atoms with Crippen molar-refractivity contribution in [1.29, 1.82) is 0 Å². The van der Waals surface area contributed by atoms with Crippen LogP contribution in [0.15, 0.2) is 82.8 Å². The SMILES string of the molecule is COc1ccc(S(=O)(=O)N2CCC(=NOC(c3ccc(F)cc3)c3ccc(F)cc3)CC2)cc1. The van der Waals surface area contributed by atoms with Gasteiger partial charge in [-0.15, -0.1) is 0 Å². The van der Waals surface area contributed by atoms with E-state index in [1.165, 1.54) is 47.8 Å². The number of hydrogen-bond acceptors (Lipinski definition) is 5. The Morgan fingerprint density at radius 1 is 0.824 bits per heavy atom. The standard InChI is InChI=1S/C25H24F2N2O4S/c1-32-23-10-12-24(13-11-23)34(30,31)29-16-14-22(15-17-29)28-33-25(18-2-6-20(26)7-3-18)19-4-8-21(27)9-5-19/h2-13,25H,14-17H2,1H3. The van der Waals surface area contributed by atoms with Gasteiger partial charge in [0.15, 0.2) is 6.10 Å². The van der Waals surface area contributed by atoms with Gasteiger partial charge in [-0.1, -0.05) is 29.4 Å². The quantitative estimate of drug-likeness (QED) is 0.445. The molecule has 0 N–H and O–H groups in total. The van der Waals surface area contributed by atoms with E-state index in [0.717, 1.165) is 5.71 Å². The number of rotatable bonds is 7. The van der Waals surface area contributed by atoms with E-state index >= 15 is 0 Å². The highest BCUT2D eigenvalue weighted by Gasteiger charge is 2.28. The average molecular weight is 487 g/mol. The molecule has 34 heavy (non-hydrogen) atoms. The molecular weight excluding hydrogens is 462 g/mol. The molecule has 1 aliphatic heterocycles. The molecule has 0 atom stereocenters. The second-order valence-corrected chi connectivity index (χ2v) is 9.76. The first-order chi connectivity index (χ1) is 16.4. The predicted octanol–water partition coefficient (Wildman–Crippen LogP) is 4.92. The Labute approximate surface area is 197 Å². The van der Waals surface area contributed by atoms with Gasteiger partial charge in [0.05, 0.1) is 17.7 Å². The summed E-state index contributed by atoms with van der Waals surface area (Å²) in [6.07, 6.45) is 0.166. The first-order valence-electron chi connectivity index (χ1n) is 10.7. The smallest absolute Gasteiger partial charge is 0.243 e. The molecule has 0 amide bonds. The van der Waals surface area contributed by atoms with E-state index in [-0.39, 0.29) is 29.6 Å². The van der Waals surface area contributed by atoms with Crippen LogP contribution in [0, 0.1) is 11.6 Å². The van der Waals surface area contributed by atoms with Gasteiger partial charge in [0.25, 0.3) is 0 Å². The van der Waals surface area contributed by atoms with E-state index in [2.05, 4.69) is 5.16 Å². The highest BCUT2D eigenvalue weighted by Crippen LogP contribution is 2.28. The van der Waals surface area contributed by atoms with Crippen molar-refractivity contribution in [2.45, 2.75) is 23.8 Å². The van der Waals surface area contributed by atoms with Crippen LogP contribution in [0.1, 0.15) is 30.1 Å². The summed E-state index contributed by atoms with van der Waals surface area (Å²) in [6.45, 7) is 0.544. The second-order valence-electron chi connectivity index (χ2n) is 7.83. The molecule has 0 aliphatic carbocycles. The minimum atomic E-state index is -3.62. The lowest BCUT2D eigenvalue weighted by Crippen LogP contribution is -2.38. The van der Waals surface area contributed by atoms with E-state index in [1.54, 1.807) is 36.4 Å². The molecule has 0 radical (unpaired) electrons. The lowest BCUT2D eigenvalue weighted by atomic mass is 10.0. The minimum Gasteiger partial charge on any atom is -0.497 e. The third-order valence-corrected chi connectivity index (χ3v) is 7.54. The molecule has 0 unspecified atom stereocenters. The van der Waals surface area contributed by atoms with Crippen LogP contribution < -0.4 is 4.74 Å². The fourth-order valence-electron chi connectivity index (χ4n) is 3.69. The Hall–Kier alpha value is -3.30. The predicted molar refractivity (Wildman–Crippen MR) is 124 cm³/mol. The number of benzene rings is 3. The van der Waals surface area contributed by atoms with Gasteiger partial charge in [-0.3, -0.25) is 0 Å². The van der Waals surface area contributed by atoms with Crippen molar-refractivity contribution in [2.75, 3.05) is 20.2 Å². The zero-order chi connectivity index (χ0) is 24.1. The van der Waals surface area contributed by atoms with Crippen LogP contribution in [-0.4, -0.2) is 38.6 Å². The van der Waals surface area contributed by atoms with Crippen molar-refractivity contribution in [3.05, 3.63) is 95.6 Å². The Kier molecular flexibility index (Phi) is 7.23. The number of sulfonamides is 1. The Bertz CT molecular complexity index is 1190. The molecule has 9 heteroatoms. The van der Waals surface area contributed by atoms with Crippen LogP contribution in [0.2, 0.25) is 0 Å². The van der Waals surface area contributed by atoms with Gasteiger partial charge < -0.3 is 9.57 Å². The fourth-order valence-corrected chi connectivity index (χ4v) is 5.13. The number of piperidine rings is 1. The zero-order valence-corrected chi connectivity index (χ0v) is 19.3. The van der Waals surface area contributed by atoms with E-state index < -0.39 is 16.1 Å². The van der Waals surface area contributed by atoms with Gasteiger partial charge in [0.2, 0.25) is 10.0 Å². The van der Waals surface area contributed by atoms with Crippen LogP contribution >= 0.6 is 0 Å². The van der Waals surface area contributed by atoms with Crippen molar-refractivity contribution >= 4 is 15.7 Å². The van der Waals surface area contributed by atoms with Crippen LogP contribution in [0.4, 0.5) is 8.78 Å². The summed E-state index contributed by atoms with van der Waals surface area (Å²) < 4.78 is 59.2. The van der Waals surface area contributed by atoms with Gasteiger partial charge >= 0.3 is 0 Å². The monoisotopic (exact) mass is 486 g/mol. The molecule has 1 heterocycles. The average Bonchev–Trinajstić information content (AvgIpc) is 2.86. The molecule has 1 saturated heterocycles. The third kappa shape index (κ3) is 5.43.